The zero-order valence-electron chi connectivity index (χ0n) is 30.4. The molecule has 0 bridgehead atoms. The third kappa shape index (κ3) is 6.58. The molecule has 2 aromatic heterocycles. The predicted molar refractivity (Wildman–Crippen MR) is 206 cm³/mol. The fourth-order valence-electron chi connectivity index (χ4n) is 7.88. The van der Waals surface area contributed by atoms with E-state index in [9.17, 15) is 0 Å². The Hall–Kier alpha value is -5.98. The molecule has 4 aromatic carbocycles. The minimum Gasteiger partial charge on any atom is -0.482 e. The fraction of sp³-hybridized carbons (Fsp3) is 0.286. The maximum Gasteiger partial charge on any atom is 0.204 e. The topological polar surface area (TPSA) is 130 Å². The van der Waals surface area contributed by atoms with E-state index in [1.54, 1.807) is 11.7 Å². The van der Waals surface area contributed by atoms with Crippen molar-refractivity contribution in [3.8, 4) is 34.3 Å². The van der Waals surface area contributed by atoms with Crippen molar-refractivity contribution in [2.45, 2.75) is 36.9 Å². The third-order valence-corrected chi connectivity index (χ3v) is 10.7. The lowest BCUT2D eigenvalue weighted by molar-refractivity contribution is 0.0814. The molecule has 0 radical (unpaired) electrons. The van der Waals surface area contributed by atoms with Gasteiger partial charge in [0.05, 0.1) is 7.05 Å². The van der Waals surface area contributed by atoms with Gasteiger partial charge in [0.2, 0.25) is 5.82 Å². The number of piperidine rings is 2. The molecule has 12 nitrogen and oxygen atoms in total. The first-order valence-corrected chi connectivity index (χ1v) is 18.6. The zero-order valence-corrected chi connectivity index (χ0v) is 30.4. The molecule has 4 aliphatic heterocycles. The van der Waals surface area contributed by atoms with Crippen LogP contribution >= 0.6 is 0 Å². The molecule has 54 heavy (non-hydrogen) atoms. The first-order valence-electron chi connectivity index (χ1n) is 18.6. The minimum atomic E-state index is -0.222. The van der Waals surface area contributed by atoms with Gasteiger partial charge < -0.3 is 20.1 Å². The maximum atomic E-state index is 6.46. The number of para-hydroxylation sites is 2. The highest BCUT2D eigenvalue weighted by Crippen LogP contribution is 2.44. The van der Waals surface area contributed by atoms with E-state index in [0.29, 0.717) is 5.82 Å². The number of tetrazole rings is 2. The summed E-state index contributed by atoms with van der Waals surface area (Å²) in [7, 11) is 3.62. The lowest BCUT2D eigenvalue weighted by Crippen LogP contribution is -2.46. The van der Waals surface area contributed by atoms with Crippen LogP contribution in [0.1, 0.15) is 47.9 Å². The molecule has 6 aromatic rings. The first-order chi connectivity index (χ1) is 26.5. The summed E-state index contributed by atoms with van der Waals surface area (Å²) < 4.78 is 14.6. The second-order valence-corrected chi connectivity index (χ2v) is 14.3. The standard InChI is InChI=1S/2C21H21N5O/c1-26-20(23-24-25-26)16-8-6-15(7-9-16)18-14-21(10-12-22-13-11-21)27-19-5-3-2-4-17(18)19;1-26-24-20(23-25-26)16-8-6-15(7-9-16)18-14-21(10-12-22-13-11-21)27-19-5-3-2-4-17(18)19/h2*2-9,14,22H,10-13H2,1H3. The number of hydrogen-bond acceptors (Lipinski definition) is 10. The van der Waals surface area contributed by atoms with Crippen LogP contribution < -0.4 is 20.1 Å². The van der Waals surface area contributed by atoms with Gasteiger partial charge in [0, 0.05) is 55.0 Å². The van der Waals surface area contributed by atoms with Crippen molar-refractivity contribution in [1.29, 1.82) is 0 Å². The van der Waals surface area contributed by atoms with Crippen molar-refractivity contribution >= 4 is 11.1 Å². The van der Waals surface area contributed by atoms with E-state index in [1.165, 1.54) is 27.1 Å². The molecule has 0 saturated carbocycles. The van der Waals surface area contributed by atoms with E-state index in [1.807, 2.05) is 19.2 Å². The third-order valence-electron chi connectivity index (χ3n) is 10.7. The van der Waals surface area contributed by atoms with Gasteiger partial charge in [-0.15, -0.1) is 15.3 Å². The highest BCUT2D eigenvalue weighted by Gasteiger charge is 2.38. The fourth-order valence-corrected chi connectivity index (χ4v) is 7.88. The van der Waals surface area contributed by atoms with Crippen LogP contribution in [0, 0.1) is 0 Å². The summed E-state index contributed by atoms with van der Waals surface area (Å²) in [4.78, 5) is 1.47. The van der Waals surface area contributed by atoms with E-state index >= 15 is 0 Å². The van der Waals surface area contributed by atoms with Crippen LogP contribution in [0.15, 0.2) is 109 Å². The smallest absolute Gasteiger partial charge is 0.204 e. The molecule has 0 aliphatic carbocycles. The number of ether oxygens (including phenoxy) is 2. The van der Waals surface area contributed by atoms with Crippen LogP contribution in [0.2, 0.25) is 0 Å². The molecule has 10 rings (SSSR count). The summed E-state index contributed by atoms with van der Waals surface area (Å²) >= 11 is 0. The number of aromatic nitrogens is 8. The van der Waals surface area contributed by atoms with Crippen LogP contribution in [-0.4, -0.2) is 77.8 Å². The average Bonchev–Trinajstić information content (AvgIpc) is 3.86. The lowest BCUT2D eigenvalue weighted by atomic mass is 9.83. The number of hydrogen-bond donors (Lipinski definition) is 2. The highest BCUT2D eigenvalue weighted by molar-refractivity contribution is 5.86. The maximum absolute atomic E-state index is 6.46. The molecule has 2 saturated heterocycles. The summed E-state index contributed by atoms with van der Waals surface area (Å²) in [5.41, 5.74) is 8.65. The van der Waals surface area contributed by atoms with Gasteiger partial charge in [0.1, 0.15) is 22.7 Å². The Balaban J connectivity index is 0.000000142. The molecule has 0 amide bonds. The summed E-state index contributed by atoms with van der Waals surface area (Å²) in [6.07, 6.45) is 8.57. The van der Waals surface area contributed by atoms with Gasteiger partial charge in [-0.25, -0.2) is 4.68 Å². The van der Waals surface area contributed by atoms with Gasteiger partial charge >= 0.3 is 0 Å². The predicted octanol–water partition coefficient (Wildman–Crippen LogP) is 5.65. The molecule has 272 valence electrons. The van der Waals surface area contributed by atoms with E-state index in [-0.39, 0.29) is 11.2 Å². The molecule has 2 spiro atoms. The van der Waals surface area contributed by atoms with E-state index in [4.69, 9.17) is 9.47 Å². The van der Waals surface area contributed by atoms with Gasteiger partial charge in [-0.1, -0.05) is 84.9 Å². The Morgan fingerprint density at radius 2 is 1.04 bits per heavy atom. The average molecular weight is 719 g/mol. The molecular formula is C42H42N10O2. The Bertz CT molecular complexity index is 2330. The SMILES string of the molecule is Cn1nnc(-c2ccc(C3=CC4(CCNCC4)Oc4ccccc43)cc2)n1.Cn1nnnc1-c1ccc(C2=CC3(CCNCC3)Oc3ccccc32)cc1. The summed E-state index contributed by atoms with van der Waals surface area (Å²) in [6.45, 7) is 3.90. The summed E-state index contributed by atoms with van der Waals surface area (Å²) in [5.74, 6) is 3.34. The van der Waals surface area contributed by atoms with Crippen LogP contribution in [0.5, 0.6) is 11.5 Å². The largest absolute Gasteiger partial charge is 0.482 e. The Morgan fingerprint density at radius 3 is 1.50 bits per heavy atom. The normalized spacial score (nSPS) is 17.9. The van der Waals surface area contributed by atoms with Crippen LogP contribution in [-0.2, 0) is 14.1 Å². The van der Waals surface area contributed by atoms with Crippen LogP contribution in [0.4, 0.5) is 0 Å². The molecule has 12 heteroatoms. The van der Waals surface area contributed by atoms with Gasteiger partial charge in [-0.2, -0.15) is 4.80 Å². The van der Waals surface area contributed by atoms with E-state index < -0.39 is 0 Å². The molecule has 2 fully saturated rings. The number of fused-ring (bicyclic) bond motifs is 2. The first kappa shape index (κ1) is 33.8. The van der Waals surface area contributed by atoms with Crippen molar-refractivity contribution in [2.75, 3.05) is 26.2 Å². The monoisotopic (exact) mass is 718 g/mol. The van der Waals surface area contributed by atoms with Crippen molar-refractivity contribution in [1.82, 2.24) is 51.0 Å². The number of nitrogens with one attached hydrogen (secondary N) is 2. The molecule has 4 aliphatic rings. The second-order valence-electron chi connectivity index (χ2n) is 14.3. The Kier molecular flexibility index (Phi) is 8.84. The minimum absolute atomic E-state index is 0.221. The van der Waals surface area contributed by atoms with Gasteiger partial charge in [-0.3, -0.25) is 0 Å². The van der Waals surface area contributed by atoms with Gasteiger partial charge in [0.25, 0.3) is 0 Å². The quantitative estimate of drug-likeness (QED) is 0.236. The number of aryl methyl sites for hydroxylation is 2. The van der Waals surface area contributed by atoms with Gasteiger partial charge in [0.15, 0.2) is 5.82 Å². The van der Waals surface area contributed by atoms with Crippen molar-refractivity contribution in [3.05, 3.63) is 131 Å². The van der Waals surface area contributed by atoms with Crippen molar-refractivity contribution in [2.24, 2.45) is 14.1 Å². The summed E-state index contributed by atoms with van der Waals surface area (Å²) in [5, 5.41) is 30.9. The second kappa shape index (κ2) is 14.1. The van der Waals surface area contributed by atoms with Crippen LogP contribution in [0.25, 0.3) is 33.9 Å². The lowest BCUT2D eigenvalue weighted by Gasteiger charge is -2.40. The molecule has 0 atom stereocenters. The highest BCUT2D eigenvalue weighted by atomic mass is 16.5. The van der Waals surface area contributed by atoms with Crippen molar-refractivity contribution in [3.63, 3.8) is 0 Å². The Labute approximate surface area is 313 Å². The number of nitrogens with zero attached hydrogens (tertiary/aromatic N) is 8. The Morgan fingerprint density at radius 1 is 0.556 bits per heavy atom. The van der Waals surface area contributed by atoms with Crippen molar-refractivity contribution < 1.29 is 9.47 Å². The van der Waals surface area contributed by atoms with E-state index in [0.717, 1.165) is 91.4 Å². The van der Waals surface area contributed by atoms with Gasteiger partial charge in [-0.05, 0) is 88.4 Å². The van der Waals surface area contributed by atoms with Crippen LogP contribution in [0.3, 0.4) is 0 Å². The zero-order chi connectivity index (χ0) is 36.5. The number of benzene rings is 4. The molecule has 0 unspecified atom stereocenters. The molecule has 6 heterocycles. The molecular weight excluding hydrogens is 677 g/mol. The number of rotatable bonds is 4. The molecule has 2 N–H and O–H groups in total. The summed E-state index contributed by atoms with van der Waals surface area (Å²) in [6, 6.07) is 33.5. The van der Waals surface area contributed by atoms with E-state index in [2.05, 4.69) is 139 Å².